The molecular weight excluding hydrogens is 310 g/mol. The van der Waals surface area contributed by atoms with Crippen LogP contribution in [0.2, 0.25) is 0 Å². The van der Waals surface area contributed by atoms with Crippen LogP contribution in [0.1, 0.15) is 25.8 Å². The average Bonchev–Trinajstić information content (AvgIpc) is 2.51. The van der Waals surface area contributed by atoms with Crippen LogP contribution in [-0.4, -0.2) is 55.7 Å². The third-order valence-corrected chi connectivity index (χ3v) is 5.00. The molecule has 0 amide bonds. The molecule has 1 fully saturated rings. The van der Waals surface area contributed by atoms with Gasteiger partial charge in [-0.3, -0.25) is 4.90 Å². The topological polar surface area (TPSA) is 41.7 Å². The molecule has 0 saturated carbocycles. The maximum Gasteiger partial charge on any atom is 0.118 e. The van der Waals surface area contributed by atoms with Crippen molar-refractivity contribution < 1.29 is 4.74 Å². The lowest BCUT2D eigenvalue weighted by molar-refractivity contribution is 0.0428. The summed E-state index contributed by atoms with van der Waals surface area (Å²) in [4.78, 5) is 5.03. The summed E-state index contributed by atoms with van der Waals surface area (Å²) in [5, 5.41) is 0. The van der Waals surface area contributed by atoms with Gasteiger partial charge in [0.15, 0.2) is 0 Å². The third kappa shape index (κ3) is 5.35. The Labute approximate surface area is 147 Å². The monoisotopic (exact) mass is 341 g/mol. The Morgan fingerprint density at radius 2 is 1.91 bits per heavy atom. The Bertz CT molecular complexity index is 454. The number of rotatable bonds is 6. The average molecular weight is 342 g/mol. The molecule has 5 heteroatoms. The second kappa shape index (κ2) is 9.48. The molecule has 0 radical (unpaired) electrons. The molecule has 1 aliphatic heterocycles. The molecule has 1 aliphatic rings. The van der Waals surface area contributed by atoms with Crippen LogP contribution in [0.5, 0.6) is 5.75 Å². The quantitative estimate of drug-likeness (QED) is 0.863. The Balaban J connectivity index is 0.00000264. The fourth-order valence-electron chi connectivity index (χ4n) is 3.52. The zero-order valence-electron chi connectivity index (χ0n) is 14.9. The van der Waals surface area contributed by atoms with Crippen molar-refractivity contribution in [2.45, 2.75) is 38.9 Å². The van der Waals surface area contributed by atoms with Crippen LogP contribution in [-0.2, 0) is 6.54 Å². The van der Waals surface area contributed by atoms with E-state index < -0.39 is 0 Å². The molecule has 4 nitrogen and oxygen atoms in total. The van der Waals surface area contributed by atoms with Crippen molar-refractivity contribution in [3.63, 3.8) is 0 Å². The molecule has 0 aliphatic carbocycles. The van der Waals surface area contributed by atoms with Crippen molar-refractivity contribution in [2.75, 3.05) is 33.8 Å². The molecule has 132 valence electrons. The van der Waals surface area contributed by atoms with E-state index in [9.17, 15) is 0 Å². The molecule has 3 unspecified atom stereocenters. The van der Waals surface area contributed by atoms with Crippen molar-refractivity contribution in [3.8, 4) is 5.75 Å². The van der Waals surface area contributed by atoms with Gasteiger partial charge in [0, 0.05) is 38.3 Å². The molecule has 0 aromatic heterocycles. The van der Waals surface area contributed by atoms with Gasteiger partial charge in [0.2, 0.25) is 0 Å². The number of nitrogens with two attached hydrogens (primary N) is 1. The molecule has 2 N–H and O–H groups in total. The van der Waals surface area contributed by atoms with Gasteiger partial charge in [-0.15, -0.1) is 12.4 Å². The van der Waals surface area contributed by atoms with E-state index >= 15 is 0 Å². The van der Waals surface area contributed by atoms with Gasteiger partial charge in [-0.1, -0.05) is 19.1 Å². The maximum absolute atomic E-state index is 5.87. The second-order valence-corrected chi connectivity index (χ2v) is 6.68. The molecule has 1 heterocycles. The first kappa shape index (κ1) is 20.2. The highest BCUT2D eigenvalue weighted by atomic mass is 35.5. The van der Waals surface area contributed by atoms with Gasteiger partial charge >= 0.3 is 0 Å². The SMILES string of the molecule is COc1ccc(CN(CCN)C2CC(C)N(C)CC2C)cc1.Cl. The van der Waals surface area contributed by atoms with E-state index in [4.69, 9.17) is 10.5 Å². The number of nitrogens with zero attached hydrogens (tertiary/aromatic N) is 2. The molecule has 1 aromatic rings. The van der Waals surface area contributed by atoms with E-state index in [0.717, 1.165) is 25.4 Å². The van der Waals surface area contributed by atoms with E-state index in [0.29, 0.717) is 24.5 Å². The molecule has 3 atom stereocenters. The number of ether oxygens (including phenoxy) is 1. The van der Waals surface area contributed by atoms with Crippen LogP contribution in [0.15, 0.2) is 24.3 Å². The molecule has 0 bridgehead atoms. The van der Waals surface area contributed by atoms with Crippen LogP contribution in [0.4, 0.5) is 0 Å². The molecule has 23 heavy (non-hydrogen) atoms. The fourth-order valence-corrected chi connectivity index (χ4v) is 3.52. The first-order valence-corrected chi connectivity index (χ1v) is 8.32. The van der Waals surface area contributed by atoms with Crippen molar-refractivity contribution in [1.82, 2.24) is 9.80 Å². The van der Waals surface area contributed by atoms with Gasteiger partial charge in [0.1, 0.15) is 5.75 Å². The Morgan fingerprint density at radius 1 is 1.26 bits per heavy atom. The summed E-state index contributed by atoms with van der Waals surface area (Å²) in [7, 11) is 3.94. The second-order valence-electron chi connectivity index (χ2n) is 6.68. The van der Waals surface area contributed by atoms with Gasteiger partial charge in [-0.05, 0) is 44.0 Å². The van der Waals surface area contributed by atoms with E-state index in [1.54, 1.807) is 7.11 Å². The molecule has 2 rings (SSSR count). The number of halogens is 1. The Kier molecular flexibility index (Phi) is 8.34. The number of methoxy groups -OCH3 is 1. The summed E-state index contributed by atoms with van der Waals surface area (Å²) in [5.41, 5.74) is 7.20. The van der Waals surface area contributed by atoms with Crippen LogP contribution in [0, 0.1) is 5.92 Å². The highest BCUT2D eigenvalue weighted by Gasteiger charge is 2.32. The van der Waals surface area contributed by atoms with Crippen molar-refractivity contribution in [1.29, 1.82) is 0 Å². The fraction of sp³-hybridized carbons (Fsp3) is 0.667. The van der Waals surface area contributed by atoms with E-state index in [1.165, 1.54) is 12.0 Å². The molecule has 1 saturated heterocycles. The van der Waals surface area contributed by atoms with E-state index in [2.05, 4.69) is 42.8 Å². The van der Waals surface area contributed by atoms with Gasteiger partial charge in [-0.25, -0.2) is 0 Å². The smallest absolute Gasteiger partial charge is 0.118 e. The maximum atomic E-state index is 5.87. The van der Waals surface area contributed by atoms with Crippen molar-refractivity contribution in [2.24, 2.45) is 11.7 Å². The van der Waals surface area contributed by atoms with Gasteiger partial charge < -0.3 is 15.4 Å². The molecule has 1 aromatic carbocycles. The lowest BCUT2D eigenvalue weighted by atomic mass is 9.88. The lowest BCUT2D eigenvalue weighted by Crippen LogP contribution is -2.53. The minimum Gasteiger partial charge on any atom is -0.497 e. The van der Waals surface area contributed by atoms with Gasteiger partial charge in [0.25, 0.3) is 0 Å². The number of hydrogen-bond donors (Lipinski definition) is 1. The number of hydrogen-bond acceptors (Lipinski definition) is 4. The van der Waals surface area contributed by atoms with Crippen LogP contribution in [0.25, 0.3) is 0 Å². The van der Waals surface area contributed by atoms with Crippen LogP contribution < -0.4 is 10.5 Å². The van der Waals surface area contributed by atoms with Crippen LogP contribution >= 0.6 is 12.4 Å². The summed E-state index contributed by atoms with van der Waals surface area (Å²) < 4.78 is 5.24. The minimum absolute atomic E-state index is 0. The molecular formula is C18H32ClN3O. The summed E-state index contributed by atoms with van der Waals surface area (Å²) in [6.07, 6.45) is 1.22. The minimum atomic E-state index is 0. The number of likely N-dealkylation sites (tertiary alicyclic amines) is 1. The number of benzene rings is 1. The highest BCUT2D eigenvalue weighted by molar-refractivity contribution is 5.85. The predicted molar refractivity (Wildman–Crippen MR) is 99.4 cm³/mol. The first-order chi connectivity index (χ1) is 10.5. The number of piperidine rings is 1. The standard InChI is InChI=1S/C18H31N3O.ClH/c1-14-12-20(3)15(2)11-18(14)21(10-9-19)13-16-5-7-17(22-4)8-6-16;/h5-8,14-15,18H,9-13,19H2,1-4H3;1H. The van der Waals surface area contributed by atoms with Crippen LogP contribution in [0.3, 0.4) is 0 Å². The van der Waals surface area contributed by atoms with Crippen molar-refractivity contribution >= 4 is 12.4 Å². The normalized spacial score (nSPS) is 25.2. The van der Waals surface area contributed by atoms with Gasteiger partial charge in [-0.2, -0.15) is 0 Å². The Hall–Kier alpha value is -0.810. The highest BCUT2D eigenvalue weighted by Crippen LogP contribution is 2.26. The molecule has 0 spiro atoms. The largest absolute Gasteiger partial charge is 0.497 e. The lowest BCUT2D eigenvalue weighted by Gasteiger charge is -2.45. The van der Waals surface area contributed by atoms with Crippen molar-refractivity contribution in [3.05, 3.63) is 29.8 Å². The zero-order valence-corrected chi connectivity index (χ0v) is 15.7. The van der Waals surface area contributed by atoms with Gasteiger partial charge in [0.05, 0.1) is 7.11 Å². The predicted octanol–water partition coefficient (Wildman–Crippen LogP) is 2.61. The summed E-state index contributed by atoms with van der Waals surface area (Å²) in [6.45, 7) is 8.49. The Morgan fingerprint density at radius 3 is 2.48 bits per heavy atom. The van der Waals surface area contributed by atoms with E-state index in [1.807, 2.05) is 12.1 Å². The zero-order chi connectivity index (χ0) is 16.1. The van der Waals surface area contributed by atoms with E-state index in [-0.39, 0.29) is 12.4 Å². The summed E-state index contributed by atoms with van der Waals surface area (Å²) in [6, 6.07) is 9.64. The third-order valence-electron chi connectivity index (χ3n) is 5.00. The summed E-state index contributed by atoms with van der Waals surface area (Å²) in [5.74, 6) is 1.58. The summed E-state index contributed by atoms with van der Waals surface area (Å²) >= 11 is 0. The first-order valence-electron chi connectivity index (χ1n) is 8.32.